The van der Waals surface area contributed by atoms with E-state index in [4.69, 9.17) is 0 Å². The second-order valence-electron chi connectivity index (χ2n) is 7.03. The Balaban J connectivity index is 2.17. The molecule has 2 aliphatic carbocycles. The molecule has 5 atom stereocenters. The van der Waals surface area contributed by atoms with Crippen molar-refractivity contribution in [1.29, 1.82) is 0 Å². The van der Waals surface area contributed by atoms with Crippen molar-refractivity contribution >= 4 is 0 Å². The van der Waals surface area contributed by atoms with Crippen LogP contribution in [0.1, 0.15) is 64.7 Å². The Bertz CT molecular complexity index is 316. The minimum Gasteiger partial charge on any atom is -0.316 e. The van der Waals surface area contributed by atoms with Crippen molar-refractivity contribution in [1.82, 2.24) is 5.32 Å². The fourth-order valence-electron chi connectivity index (χ4n) is 4.96. The van der Waals surface area contributed by atoms with E-state index >= 15 is 0 Å². The van der Waals surface area contributed by atoms with Gasteiger partial charge in [0.15, 0.2) is 0 Å². The summed E-state index contributed by atoms with van der Waals surface area (Å²) >= 11 is 0. The van der Waals surface area contributed by atoms with Crippen LogP contribution in [0.5, 0.6) is 0 Å². The van der Waals surface area contributed by atoms with E-state index in [0.717, 1.165) is 32.1 Å². The van der Waals surface area contributed by atoms with Crippen LogP contribution >= 0.6 is 0 Å². The molecule has 2 aliphatic rings. The molecule has 0 radical (unpaired) electrons. The van der Waals surface area contributed by atoms with Gasteiger partial charge in [-0.25, -0.2) is 0 Å². The Kier molecular flexibility index (Phi) is 5.98. The molecule has 0 spiro atoms. The number of rotatable bonds is 4. The van der Waals surface area contributed by atoms with Crippen molar-refractivity contribution in [2.75, 3.05) is 7.05 Å². The summed E-state index contributed by atoms with van der Waals surface area (Å²) in [5, 5.41) is 3.31. The molecule has 0 saturated heterocycles. The predicted molar refractivity (Wildman–Crippen MR) is 80.1 cm³/mol. The van der Waals surface area contributed by atoms with Crippen molar-refractivity contribution < 1.29 is 13.2 Å². The maximum Gasteiger partial charge on any atom is 0.392 e. The van der Waals surface area contributed by atoms with Crippen LogP contribution in [0.25, 0.3) is 0 Å². The van der Waals surface area contributed by atoms with E-state index < -0.39 is 12.1 Å². The Hall–Kier alpha value is -0.250. The summed E-state index contributed by atoms with van der Waals surface area (Å²) in [6.45, 7) is 2.19. The van der Waals surface area contributed by atoms with E-state index in [0.29, 0.717) is 18.3 Å². The molecule has 124 valence electrons. The standard InChI is InChI=1S/C17H30F3N/c1-3-12-8-4-5-9-13(12)16(21-2)14-10-6-7-11-15(14)17(18,19)20/h12-16,21H,3-11H2,1-2H3. The first kappa shape index (κ1) is 17.1. The van der Waals surface area contributed by atoms with Crippen LogP contribution in [0.15, 0.2) is 0 Å². The zero-order valence-corrected chi connectivity index (χ0v) is 13.4. The summed E-state index contributed by atoms with van der Waals surface area (Å²) in [5.41, 5.74) is 0. The second-order valence-corrected chi connectivity index (χ2v) is 7.03. The molecular weight excluding hydrogens is 275 g/mol. The molecule has 21 heavy (non-hydrogen) atoms. The Morgan fingerprint density at radius 2 is 1.52 bits per heavy atom. The summed E-state index contributed by atoms with van der Waals surface area (Å²) in [7, 11) is 1.87. The predicted octanol–water partition coefficient (Wildman–Crippen LogP) is 5.16. The van der Waals surface area contributed by atoms with Crippen molar-refractivity contribution in [3.8, 4) is 0 Å². The smallest absolute Gasteiger partial charge is 0.316 e. The van der Waals surface area contributed by atoms with Crippen molar-refractivity contribution in [2.45, 2.75) is 76.9 Å². The normalized spacial score (nSPS) is 36.4. The third-order valence-electron chi connectivity index (χ3n) is 5.99. The number of hydrogen-bond acceptors (Lipinski definition) is 1. The van der Waals surface area contributed by atoms with Crippen LogP contribution in [-0.2, 0) is 0 Å². The number of nitrogens with one attached hydrogen (secondary N) is 1. The van der Waals surface area contributed by atoms with Crippen molar-refractivity contribution in [3.63, 3.8) is 0 Å². The molecule has 0 aromatic rings. The summed E-state index contributed by atoms with van der Waals surface area (Å²) < 4.78 is 40.2. The van der Waals surface area contributed by atoms with E-state index in [1.54, 1.807) is 0 Å². The number of halogens is 3. The molecule has 2 rings (SSSR count). The summed E-state index contributed by atoms with van der Waals surface area (Å²) in [5.74, 6) is -0.280. The van der Waals surface area contributed by atoms with Gasteiger partial charge < -0.3 is 5.32 Å². The SMILES string of the molecule is CCC1CCCCC1C(NC)C1CCCCC1C(F)(F)F. The molecule has 1 N–H and O–H groups in total. The lowest BCUT2D eigenvalue weighted by molar-refractivity contribution is -0.201. The molecule has 0 heterocycles. The van der Waals surface area contributed by atoms with Crippen LogP contribution in [0, 0.1) is 23.7 Å². The topological polar surface area (TPSA) is 12.0 Å². The fourth-order valence-corrected chi connectivity index (χ4v) is 4.96. The molecular formula is C17H30F3N. The average Bonchev–Trinajstić information content (AvgIpc) is 2.48. The zero-order chi connectivity index (χ0) is 15.5. The van der Waals surface area contributed by atoms with Gasteiger partial charge in [0.05, 0.1) is 5.92 Å². The highest BCUT2D eigenvalue weighted by molar-refractivity contribution is 4.94. The van der Waals surface area contributed by atoms with E-state index in [1.165, 1.54) is 19.3 Å². The minimum atomic E-state index is -4.03. The Morgan fingerprint density at radius 1 is 0.952 bits per heavy atom. The van der Waals surface area contributed by atoms with Crippen LogP contribution in [0.2, 0.25) is 0 Å². The maximum atomic E-state index is 13.4. The molecule has 1 nitrogen and oxygen atoms in total. The Morgan fingerprint density at radius 3 is 2.10 bits per heavy atom. The van der Waals surface area contributed by atoms with Gasteiger partial charge in [0.2, 0.25) is 0 Å². The molecule has 2 fully saturated rings. The van der Waals surface area contributed by atoms with Crippen LogP contribution in [-0.4, -0.2) is 19.3 Å². The van der Waals surface area contributed by atoms with Gasteiger partial charge >= 0.3 is 6.18 Å². The summed E-state index contributed by atoms with van der Waals surface area (Å²) in [6.07, 6.45) is 4.56. The largest absolute Gasteiger partial charge is 0.392 e. The van der Waals surface area contributed by atoms with Crippen molar-refractivity contribution in [2.24, 2.45) is 23.7 Å². The lowest BCUT2D eigenvalue weighted by atomic mass is 9.65. The van der Waals surface area contributed by atoms with Gasteiger partial charge in [0.25, 0.3) is 0 Å². The third kappa shape index (κ3) is 3.94. The first-order valence-corrected chi connectivity index (χ1v) is 8.73. The summed E-state index contributed by atoms with van der Waals surface area (Å²) in [6, 6.07) is 0.0437. The van der Waals surface area contributed by atoms with Gasteiger partial charge in [0, 0.05) is 6.04 Å². The lowest BCUT2D eigenvalue weighted by Crippen LogP contribution is -2.50. The quantitative estimate of drug-likeness (QED) is 0.756. The van der Waals surface area contributed by atoms with Gasteiger partial charge in [-0.15, -0.1) is 0 Å². The molecule has 0 aromatic heterocycles. The van der Waals surface area contributed by atoms with E-state index in [2.05, 4.69) is 12.2 Å². The highest BCUT2D eigenvalue weighted by atomic mass is 19.4. The first-order valence-electron chi connectivity index (χ1n) is 8.73. The van der Waals surface area contributed by atoms with Gasteiger partial charge in [-0.1, -0.05) is 45.4 Å². The van der Waals surface area contributed by atoms with Crippen LogP contribution in [0.3, 0.4) is 0 Å². The molecule has 0 aromatic carbocycles. The monoisotopic (exact) mass is 305 g/mol. The van der Waals surface area contributed by atoms with Gasteiger partial charge in [-0.2, -0.15) is 13.2 Å². The molecule has 2 saturated carbocycles. The van der Waals surface area contributed by atoms with Crippen LogP contribution < -0.4 is 5.32 Å². The first-order chi connectivity index (χ1) is 9.99. The highest BCUT2D eigenvalue weighted by Gasteiger charge is 2.49. The molecule has 0 bridgehead atoms. The number of hydrogen-bond donors (Lipinski definition) is 1. The third-order valence-corrected chi connectivity index (χ3v) is 5.99. The summed E-state index contributed by atoms with van der Waals surface area (Å²) in [4.78, 5) is 0. The molecule has 5 unspecified atom stereocenters. The molecule has 0 aliphatic heterocycles. The fraction of sp³-hybridized carbons (Fsp3) is 1.00. The van der Waals surface area contributed by atoms with E-state index in [9.17, 15) is 13.2 Å². The van der Waals surface area contributed by atoms with E-state index in [-0.39, 0.29) is 12.0 Å². The van der Waals surface area contributed by atoms with Gasteiger partial charge in [-0.3, -0.25) is 0 Å². The molecule has 4 heteroatoms. The second kappa shape index (κ2) is 7.34. The average molecular weight is 305 g/mol. The molecule has 0 amide bonds. The minimum absolute atomic E-state index is 0.0437. The number of alkyl halides is 3. The van der Waals surface area contributed by atoms with E-state index in [1.807, 2.05) is 7.05 Å². The Labute approximate surface area is 127 Å². The zero-order valence-electron chi connectivity index (χ0n) is 13.4. The maximum absolute atomic E-state index is 13.4. The van der Waals surface area contributed by atoms with Gasteiger partial charge in [0.1, 0.15) is 0 Å². The highest BCUT2D eigenvalue weighted by Crippen LogP contribution is 2.47. The lowest BCUT2D eigenvalue weighted by Gasteiger charge is -2.45. The van der Waals surface area contributed by atoms with Gasteiger partial charge in [-0.05, 0) is 44.1 Å². The van der Waals surface area contributed by atoms with Crippen molar-refractivity contribution in [3.05, 3.63) is 0 Å². The van der Waals surface area contributed by atoms with Crippen LogP contribution in [0.4, 0.5) is 13.2 Å².